The van der Waals surface area contributed by atoms with Gasteiger partial charge in [-0.05, 0) is 18.2 Å². The molecule has 4 heteroatoms. The van der Waals surface area contributed by atoms with Crippen molar-refractivity contribution in [3.8, 4) is 0 Å². The number of carbonyl (C=O) groups excluding carboxylic acids is 1. The van der Waals surface area contributed by atoms with Crippen molar-refractivity contribution >= 4 is 27.4 Å². The third-order valence-electron chi connectivity index (χ3n) is 2.18. The van der Waals surface area contributed by atoms with Crippen LogP contribution in [-0.4, -0.2) is 10.8 Å². The molecule has 0 aliphatic carbocycles. The van der Waals surface area contributed by atoms with Crippen LogP contribution in [0.3, 0.4) is 0 Å². The van der Waals surface area contributed by atoms with E-state index in [2.05, 4.69) is 20.9 Å². The van der Waals surface area contributed by atoms with E-state index in [1.807, 2.05) is 12.1 Å². The summed E-state index contributed by atoms with van der Waals surface area (Å²) in [5, 5.41) is 0. The first-order chi connectivity index (χ1) is 7.68. The molecule has 0 unspecified atom stereocenters. The van der Waals surface area contributed by atoms with Crippen LogP contribution in [0, 0.1) is 0 Å². The first-order valence-corrected chi connectivity index (χ1v) is 5.47. The minimum Gasteiger partial charge on any atom is -0.397 e. The molecule has 1 aromatic carbocycles. The lowest BCUT2D eigenvalue weighted by molar-refractivity contribution is 0.103. The molecule has 16 heavy (non-hydrogen) atoms. The van der Waals surface area contributed by atoms with Gasteiger partial charge in [-0.15, -0.1) is 0 Å². The molecular weight excluding hydrogens is 268 g/mol. The normalized spacial score (nSPS) is 10.1. The summed E-state index contributed by atoms with van der Waals surface area (Å²) in [4.78, 5) is 15.9. The summed E-state index contributed by atoms with van der Waals surface area (Å²) in [6.07, 6.45) is 3.03. The minimum atomic E-state index is -0.0961. The number of nitrogen functional groups attached to an aromatic ring is 1. The number of anilines is 1. The number of nitrogens with two attached hydrogens (primary N) is 1. The Hall–Kier alpha value is -1.68. The molecule has 1 aromatic heterocycles. The van der Waals surface area contributed by atoms with E-state index in [0.717, 1.165) is 4.47 Å². The molecule has 2 rings (SSSR count). The number of hydrogen-bond acceptors (Lipinski definition) is 3. The largest absolute Gasteiger partial charge is 0.397 e. The van der Waals surface area contributed by atoms with Crippen LogP contribution in [0.4, 0.5) is 5.69 Å². The number of hydrogen-bond donors (Lipinski definition) is 1. The molecule has 0 saturated carbocycles. The SMILES string of the molecule is Nc1cnccc1C(=O)c1cccc(Br)c1. The molecule has 1 heterocycles. The highest BCUT2D eigenvalue weighted by molar-refractivity contribution is 9.10. The van der Waals surface area contributed by atoms with Crippen LogP contribution in [0.1, 0.15) is 15.9 Å². The zero-order valence-corrected chi connectivity index (χ0v) is 9.94. The number of pyridine rings is 1. The predicted octanol–water partition coefficient (Wildman–Crippen LogP) is 2.66. The second-order valence-corrected chi connectivity index (χ2v) is 4.22. The number of aromatic nitrogens is 1. The van der Waals surface area contributed by atoms with Crippen LogP contribution in [0.5, 0.6) is 0 Å². The summed E-state index contributed by atoms with van der Waals surface area (Å²) in [7, 11) is 0. The van der Waals surface area contributed by atoms with Crippen LogP contribution in [-0.2, 0) is 0 Å². The van der Waals surface area contributed by atoms with E-state index in [9.17, 15) is 4.79 Å². The molecule has 0 fully saturated rings. The third kappa shape index (κ3) is 2.12. The van der Waals surface area contributed by atoms with Gasteiger partial charge in [-0.3, -0.25) is 9.78 Å². The van der Waals surface area contributed by atoms with Crippen molar-refractivity contribution in [2.75, 3.05) is 5.73 Å². The number of nitrogens with zero attached hydrogens (tertiary/aromatic N) is 1. The fraction of sp³-hybridized carbons (Fsp3) is 0. The predicted molar refractivity (Wildman–Crippen MR) is 66.2 cm³/mol. The van der Waals surface area contributed by atoms with Gasteiger partial charge in [0.1, 0.15) is 0 Å². The van der Waals surface area contributed by atoms with Crippen LogP contribution in [0.25, 0.3) is 0 Å². The van der Waals surface area contributed by atoms with Crippen LogP contribution in [0.15, 0.2) is 47.2 Å². The van der Waals surface area contributed by atoms with Gasteiger partial charge in [0.25, 0.3) is 0 Å². The minimum absolute atomic E-state index is 0.0961. The van der Waals surface area contributed by atoms with Crippen molar-refractivity contribution in [2.24, 2.45) is 0 Å². The quantitative estimate of drug-likeness (QED) is 0.858. The number of carbonyl (C=O) groups is 1. The van der Waals surface area contributed by atoms with Gasteiger partial charge in [0.15, 0.2) is 5.78 Å². The smallest absolute Gasteiger partial charge is 0.195 e. The first-order valence-electron chi connectivity index (χ1n) is 4.68. The topological polar surface area (TPSA) is 56.0 Å². The number of benzene rings is 1. The summed E-state index contributed by atoms with van der Waals surface area (Å²) in [5.74, 6) is -0.0961. The summed E-state index contributed by atoms with van der Waals surface area (Å²) in [6, 6.07) is 8.83. The van der Waals surface area contributed by atoms with E-state index in [-0.39, 0.29) is 5.78 Å². The summed E-state index contributed by atoms with van der Waals surface area (Å²) in [5.41, 5.74) is 7.18. The molecule has 0 aliphatic heterocycles. The zero-order valence-electron chi connectivity index (χ0n) is 8.35. The van der Waals surface area contributed by atoms with Gasteiger partial charge in [-0.1, -0.05) is 28.1 Å². The Bertz CT molecular complexity index is 540. The molecule has 0 bridgehead atoms. The van der Waals surface area contributed by atoms with E-state index >= 15 is 0 Å². The summed E-state index contributed by atoms with van der Waals surface area (Å²) >= 11 is 3.33. The first kappa shape index (κ1) is 10.8. The van der Waals surface area contributed by atoms with E-state index in [0.29, 0.717) is 16.8 Å². The Morgan fingerprint density at radius 1 is 1.31 bits per heavy atom. The second kappa shape index (κ2) is 4.45. The van der Waals surface area contributed by atoms with Gasteiger partial charge in [0, 0.05) is 21.8 Å². The fourth-order valence-corrected chi connectivity index (χ4v) is 1.80. The van der Waals surface area contributed by atoms with Crippen LogP contribution < -0.4 is 5.73 Å². The highest BCUT2D eigenvalue weighted by Crippen LogP contribution is 2.18. The molecule has 0 spiro atoms. The number of rotatable bonds is 2. The summed E-state index contributed by atoms with van der Waals surface area (Å²) in [6.45, 7) is 0. The Kier molecular flexibility index (Phi) is 3.01. The maximum Gasteiger partial charge on any atom is 0.195 e. The Balaban J connectivity index is 2.44. The average Bonchev–Trinajstić information content (AvgIpc) is 2.29. The van der Waals surface area contributed by atoms with E-state index in [1.165, 1.54) is 6.20 Å². The average molecular weight is 277 g/mol. The van der Waals surface area contributed by atoms with Gasteiger partial charge >= 0.3 is 0 Å². The Morgan fingerprint density at radius 2 is 2.12 bits per heavy atom. The van der Waals surface area contributed by atoms with Crippen molar-refractivity contribution < 1.29 is 4.79 Å². The fourth-order valence-electron chi connectivity index (χ4n) is 1.40. The lowest BCUT2D eigenvalue weighted by Crippen LogP contribution is -2.05. The molecule has 0 aliphatic rings. The molecule has 0 radical (unpaired) electrons. The molecule has 2 N–H and O–H groups in total. The van der Waals surface area contributed by atoms with Gasteiger partial charge in [0.2, 0.25) is 0 Å². The second-order valence-electron chi connectivity index (χ2n) is 3.30. The monoisotopic (exact) mass is 276 g/mol. The summed E-state index contributed by atoms with van der Waals surface area (Å²) < 4.78 is 0.867. The zero-order chi connectivity index (χ0) is 11.5. The van der Waals surface area contributed by atoms with Gasteiger partial charge in [-0.25, -0.2) is 0 Å². The Morgan fingerprint density at radius 3 is 2.81 bits per heavy atom. The van der Waals surface area contributed by atoms with Crippen LogP contribution in [0.2, 0.25) is 0 Å². The lowest BCUT2D eigenvalue weighted by Gasteiger charge is -2.04. The highest BCUT2D eigenvalue weighted by Gasteiger charge is 2.11. The molecule has 0 saturated heterocycles. The molecule has 0 amide bonds. The van der Waals surface area contributed by atoms with E-state index < -0.39 is 0 Å². The molecular formula is C12H9BrN2O. The highest BCUT2D eigenvalue weighted by atomic mass is 79.9. The Labute approximate surface area is 101 Å². The van der Waals surface area contributed by atoms with Crippen molar-refractivity contribution in [1.82, 2.24) is 4.98 Å². The van der Waals surface area contributed by atoms with E-state index in [4.69, 9.17) is 5.73 Å². The molecule has 2 aromatic rings. The van der Waals surface area contributed by atoms with Crippen molar-refractivity contribution in [3.05, 3.63) is 58.3 Å². The molecule has 0 atom stereocenters. The third-order valence-corrected chi connectivity index (χ3v) is 2.68. The van der Waals surface area contributed by atoms with Gasteiger partial charge in [-0.2, -0.15) is 0 Å². The van der Waals surface area contributed by atoms with Crippen LogP contribution >= 0.6 is 15.9 Å². The van der Waals surface area contributed by atoms with Crippen molar-refractivity contribution in [3.63, 3.8) is 0 Å². The maximum absolute atomic E-state index is 12.1. The lowest BCUT2D eigenvalue weighted by atomic mass is 10.0. The maximum atomic E-state index is 12.1. The molecule has 3 nitrogen and oxygen atoms in total. The molecule has 80 valence electrons. The van der Waals surface area contributed by atoms with Gasteiger partial charge < -0.3 is 5.73 Å². The van der Waals surface area contributed by atoms with Crippen molar-refractivity contribution in [2.45, 2.75) is 0 Å². The van der Waals surface area contributed by atoms with Crippen molar-refractivity contribution in [1.29, 1.82) is 0 Å². The van der Waals surface area contributed by atoms with Gasteiger partial charge in [0.05, 0.1) is 11.9 Å². The number of halogens is 1. The number of ketones is 1. The van der Waals surface area contributed by atoms with E-state index in [1.54, 1.807) is 24.4 Å². The standard InChI is InChI=1S/C12H9BrN2O/c13-9-3-1-2-8(6-9)12(16)10-4-5-15-7-11(10)14/h1-7H,14H2.